The van der Waals surface area contributed by atoms with E-state index in [4.69, 9.17) is 14.7 Å². The van der Waals surface area contributed by atoms with E-state index >= 15 is 0 Å². The summed E-state index contributed by atoms with van der Waals surface area (Å²) in [4.78, 5) is 11.2. The molecule has 0 aromatic rings. The molecular formula is C8H10N2O3. The van der Waals surface area contributed by atoms with E-state index in [1.165, 1.54) is 0 Å². The molecule has 0 aromatic carbocycles. The molecule has 2 aliphatic rings. The molecule has 3 atom stereocenters. The van der Waals surface area contributed by atoms with E-state index in [-0.39, 0.29) is 5.91 Å². The molecule has 2 fully saturated rings. The number of ether oxygens (including phenoxy) is 2. The van der Waals surface area contributed by atoms with Crippen LogP contribution in [0.1, 0.15) is 13.8 Å². The standard InChI is InChI=1S/C8H10N2O3/c1-8(2)12-5-4(3-9)10-7(11)6(5)13-8/h4-6H,1-2H3,(H,10,11)/t4-,5+,6+/m1/s1. The summed E-state index contributed by atoms with van der Waals surface area (Å²) in [6.45, 7) is 3.46. The first kappa shape index (κ1) is 8.48. The quantitative estimate of drug-likeness (QED) is 0.549. The van der Waals surface area contributed by atoms with E-state index in [0.717, 1.165) is 0 Å². The minimum absolute atomic E-state index is 0.262. The van der Waals surface area contributed by atoms with Crippen molar-refractivity contribution in [1.29, 1.82) is 5.26 Å². The Labute approximate surface area is 75.6 Å². The topological polar surface area (TPSA) is 71.3 Å². The van der Waals surface area contributed by atoms with Crippen molar-refractivity contribution in [2.45, 2.75) is 37.9 Å². The third-order valence-electron chi connectivity index (χ3n) is 2.15. The molecule has 0 bridgehead atoms. The number of carbonyl (C=O) groups excluding carboxylic acids is 1. The second kappa shape index (κ2) is 2.44. The Morgan fingerprint density at radius 2 is 2.23 bits per heavy atom. The molecule has 2 saturated heterocycles. The largest absolute Gasteiger partial charge is 0.341 e. The van der Waals surface area contributed by atoms with Crippen LogP contribution in [-0.4, -0.2) is 29.9 Å². The van der Waals surface area contributed by atoms with Crippen LogP contribution in [0.4, 0.5) is 0 Å². The van der Waals surface area contributed by atoms with Crippen molar-refractivity contribution in [3.63, 3.8) is 0 Å². The van der Waals surface area contributed by atoms with Crippen LogP contribution in [-0.2, 0) is 14.3 Å². The molecule has 1 amide bonds. The SMILES string of the molecule is CC1(C)O[C@@H]2[C@H](O1)C(=O)N[C@@H]2C#N. The number of hydrogen-bond acceptors (Lipinski definition) is 4. The third kappa shape index (κ3) is 1.19. The minimum atomic E-state index is -0.762. The summed E-state index contributed by atoms with van der Waals surface area (Å²) in [5.74, 6) is -1.02. The number of nitrogens with one attached hydrogen (secondary N) is 1. The van der Waals surface area contributed by atoms with Gasteiger partial charge in [0.15, 0.2) is 11.9 Å². The van der Waals surface area contributed by atoms with Crippen molar-refractivity contribution >= 4 is 5.91 Å². The molecule has 2 rings (SSSR count). The highest BCUT2D eigenvalue weighted by Crippen LogP contribution is 2.32. The number of nitriles is 1. The second-order valence-corrected chi connectivity index (χ2v) is 3.64. The Balaban J connectivity index is 2.23. The molecule has 2 heterocycles. The van der Waals surface area contributed by atoms with Gasteiger partial charge in [0.2, 0.25) is 0 Å². The van der Waals surface area contributed by atoms with Gasteiger partial charge in [-0.15, -0.1) is 0 Å². The molecule has 0 spiro atoms. The van der Waals surface area contributed by atoms with Crippen molar-refractivity contribution in [1.82, 2.24) is 5.32 Å². The van der Waals surface area contributed by atoms with Gasteiger partial charge in [-0.3, -0.25) is 4.79 Å². The van der Waals surface area contributed by atoms with E-state index in [9.17, 15) is 4.79 Å². The minimum Gasteiger partial charge on any atom is -0.341 e. The van der Waals surface area contributed by atoms with Crippen LogP contribution in [0.2, 0.25) is 0 Å². The maximum absolute atomic E-state index is 11.2. The van der Waals surface area contributed by atoms with E-state index in [0.29, 0.717) is 0 Å². The zero-order valence-electron chi connectivity index (χ0n) is 7.40. The Morgan fingerprint density at radius 3 is 2.85 bits per heavy atom. The summed E-state index contributed by atoms with van der Waals surface area (Å²) in [5, 5.41) is 11.2. The van der Waals surface area contributed by atoms with Crippen LogP contribution in [0.25, 0.3) is 0 Å². The summed E-state index contributed by atoms with van der Waals surface area (Å²) in [6.07, 6.45) is -1.09. The normalized spacial score (nSPS) is 41.0. The van der Waals surface area contributed by atoms with Crippen molar-refractivity contribution in [2.75, 3.05) is 0 Å². The Kier molecular flexibility index (Phi) is 1.59. The molecular weight excluding hydrogens is 172 g/mol. The number of rotatable bonds is 0. The smallest absolute Gasteiger partial charge is 0.253 e. The molecule has 0 aliphatic carbocycles. The van der Waals surface area contributed by atoms with E-state index in [1.54, 1.807) is 13.8 Å². The van der Waals surface area contributed by atoms with Gasteiger partial charge in [0.25, 0.3) is 5.91 Å². The highest BCUT2D eigenvalue weighted by molar-refractivity contribution is 5.85. The number of nitrogens with zero attached hydrogens (tertiary/aromatic N) is 1. The Hall–Kier alpha value is -1.12. The number of carbonyl (C=O) groups is 1. The molecule has 0 saturated carbocycles. The van der Waals surface area contributed by atoms with E-state index < -0.39 is 24.0 Å². The molecule has 1 N–H and O–H groups in total. The first-order valence-corrected chi connectivity index (χ1v) is 4.09. The molecule has 5 nitrogen and oxygen atoms in total. The molecule has 0 radical (unpaired) electrons. The fraction of sp³-hybridized carbons (Fsp3) is 0.750. The molecule has 70 valence electrons. The number of hydrogen-bond donors (Lipinski definition) is 1. The lowest BCUT2D eigenvalue weighted by Crippen LogP contribution is -2.35. The number of fused-ring (bicyclic) bond motifs is 1. The van der Waals surface area contributed by atoms with Crippen LogP contribution >= 0.6 is 0 Å². The van der Waals surface area contributed by atoms with Gasteiger partial charge in [-0.1, -0.05) is 0 Å². The zero-order valence-corrected chi connectivity index (χ0v) is 7.40. The molecule has 0 aromatic heterocycles. The van der Waals surface area contributed by atoms with Crippen LogP contribution < -0.4 is 5.32 Å². The van der Waals surface area contributed by atoms with Crippen LogP contribution in [0, 0.1) is 11.3 Å². The van der Waals surface area contributed by atoms with Gasteiger partial charge in [-0.25, -0.2) is 0 Å². The lowest BCUT2D eigenvalue weighted by atomic mass is 10.1. The van der Waals surface area contributed by atoms with E-state index in [1.807, 2.05) is 6.07 Å². The van der Waals surface area contributed by atoms with Gasteiger partial charge >= 0.3 is 0 Å². The first-order chi connectivity index (χ1) is 6.03. The van der Waals surface area contributed by atoms with Crippen LogP contribution in [0.3, 0.4) is 0 Å². The van der Waals surface area contributed by atoms with Gasteiger partial charge in [0.05, 0.1) is 6.07 Å². The lowest BCUT2D eigenvalue weighted by molar-refractivity contribution is -0.161. The highest BCUT2D eigenvalue weighted by atomic mass is 16.8. The highest BCUT2D eigenvalue weighted by Gasteiger charge is 2.54. The third-order valence-corrected chi connectivity index (χ3v) is 2.15. The molecule has 13 heavy (non-hydrogen) atoms. The Morgan fingerprint density at radius 1 is 1.54 bits per heavy atom. The fourth-order valence-corrected chi connectivity index (χ4v) is 1.66. The number of amides is 1. The summed E-state index contributed by atoms with van der Waals surface area (Å²) < 4.78 is 10.8. The van der Waals surface area contributed by atoms with Crippen LogP contribution in [0.5, 0.6) is 0 Å². The zero-order chi connectivity index (χ0) is 9.64. The second-order valence-electron chi connectivity index (χ2n) is 3.64. The van der Waals surface area contributed by atoms with Crippen molar-refractivity contribution in [3.05, 3.63) is 0 Å². The molecule has 5 heteroatoms. The van der Waals surface area contributed by atoms with Crippen molar-refractivity contribution in [3.8, 4) is 6.07 Å². The predicted octanol–water partition coefficient (Wildman–Crippen LogP) is -0.472. The average Bonchev–Trinajstić information content (AvgIpc) is 2.47. The average molecular weight is 182 g/mol. The first-order valence-electron chi connectivity index (χ1n) is 4.09. The predicted molar refractivity (Wildman–Crippen MR) is 41.4 cm³/mol. The summed E-state index contributed by atoms with van der Waals surface area (Å²) >= 11 is 0. The van der Waals surface area contributed by atoms with Gasteiger partial charge in [0, 0.05) is 0 Å². The van der Waals surface area contributed by atoms with Crippen molar-refractivity contribution < 1.29 is 14.3 Å². The van der Waals surface area contributed by atoms with Crippen molar-refractivity contribution in [2.24, 2.45) is 0 Å². The molecule has 0 unspecified atom stereocenters. The van der Waals surface area contributed by atoms with Gasteiger partial charge in [-0.05, 0) is 13.8 Å². The monoisotopic (exact) mass is 182 g/mol. The van der Waals surface area contributed by atoms with Gasteiger partial charge in [-0.2, -0.15) is 5.26 Å². The van der Waals surface area contributed by atoms with E-state index in [2.05, 4.69) is 5.32 Å². The maximum Gasteiger partial charge on any atom is 0.253 e. The Bertz CT molecular complexity index is 294. The molecule has 2 aliphatic heterocycles. The summed E-state index contributed by atoms with van der Waals surface area (Å²) in [6, 6.07) is 1.38. The fourth-order valence-electron chi connectivity index (χ4n) is 1.66. The van der Waals surface area contributed by atoms with Crippen LogP contribution in [0.15, 0.2) is 0 Å². The summed E-state index contributed by atoms with van der Waals surface area (Å²) in [5.41, 5.74) is 0. The summed E-state index contributed by atoms with van der Waals surface area (Å²) in [7, 11) is 0. The van der Waals surface area contributed by atoms with Gasteiger partial charge in [0.1, 0.15) is 12.1 Å². The van der Waals surface area contributed by atoms with Gasteiger partial charge < -0.3 is 14.8 Å². The maximum atomic E-state index is 11.2. The lowest BCUT2D eigenvalue weighted by Gasteiger charge is -2.19.